The Balaban J connectivity index is 2.04. The molecule has 0 aromatic heterocycles. The summed E-state index contributed by atoms with van der Waals surface area (Å²) in [4.78, 5) is 10.5. The van der Waals surface area contributed by atoms with Crippen LogP contribution in [-0.4, -0.2) is 12.0 Å². The van der Waals surface area contributed by atoms with Crippen LogP contribution >= 0.6 is 0 Å². The lowest BCUT2D eigenvalue weighted by Gasteiger charge is -2.15. The monoisotopic (exact) mass is 417 g/mol. The fourth-order valence-electron chi connectivity index (χ4n) is 3.15. The number of alkyl halides is 3. The van der Waals surface area contributed by atoms with Crippen molar-refractivity contribution >= 4 is 5.69 Å². The van der Waals surface area contributed by atoms with Gasteiger partial charge in [-0.1, -0.05) is 12.1 Å². The highest BCUT2D eigenvalue weighted by Gasteiger charge is 2.30. The standard InChI is InChI=1S/C22H18F3NO4/c1-13-9-17(26(27)28)10-14(2)21(13)30-18-7-8-20(29-3)19(12-18)15-5-4-6-16(11-15)22(23,24)25/h4-12H,1-3H3. The van der Waals surface area contributed by atoms with Gasteiger partial charge in [0, 0.05) is 17.7 Å². The average Bonchev–Trinajstić information content (AvgIpc) is 2.69. The number of aryl methyl sites for hydroxylation is 2. The highest BCUT2D eigenvalue weighted by Crippen LogP contribution is 2.39. The number of nitrogens with zero attached hydrogens (tertiary/aromatic N) is 1. The van der Waals surface area contributed by atoms with Gasteiger partial charge < -0.3 is 9.47 Å². The van der Waals surface area contributed by atoms with Crippen molar-refractivity contribution in [1.29, 1.82) is 0 Å². The largest absolute Gasteiger partial charge is 0.496 e. The average molecular weight is 417 g/mol. The first kappa shape index (κ1) is 21.2. The number of methoxy groups -OCH3 is 1. The number of halogens is 3. The lowest BCUT2D eigenvalue weighted by molar-refractivity contribution is -0.385. The molecule has 3 aromatic carbocycles. The molecule has 0 fully saturated rings. The Morgan fingerprint density at radius 1 is 0.967 bits per heavy atom. The van der Waals surface area contributed by atoms with E-state index >= 15 is 0 Å². The molecule has 0 aliphatic rings. The number of benzene rings is 3. The molecule has 5 nitrogen and oxygen atoms in total. The maximum Gasteiger partial charge on any atom is 0.416 e. The summed E-state index contributed by atoms with van der Waals surface area (Å²) in [6.45, 7) is 3.37. The molecular weight excluding hydrogens is 399 g/mol. The molecule has 3 rings (SSSR count). The maximum atomic E-state index is 13.1. The first-order valence-corrected chi connectivity index (χ1v) is 8.89. The Hall–Kier alpha value is -3.55. The van der Waals surface area contributed by atoms with Gasteiger partial charge in [-0.2, -0.15) is 13.2 Å². The van der Waals surface area contributed by atoms with E-state index < -0.39 is 16.7 Å². The molecule has 0 atom stereocenters. The van der Waals surface area contributed by atoms with Gasteiger partial charge >= 0.3 is 6.18 Å². The van der Waals surface area contributed by atoms with Gasteiger partial charge in [0.15, 0.2) is 0 Å². The van der Waals surface area contributed by atoms with E-state index in [4.69, 9.17) is 9.47 Å². The molecule has 0 unspecified atom stereocenters. The Bertz CT molecular complexity index is 1090. The fourth-order valence-corrected chi connectivity index (χ4v) is 3.15. The highest BCUT2D eigenvalue weighted by molar-refractivity contribution is 5.73. The van der Waals surface area contributed by atoms with Crippen molar-refractivity contribution < 1.29 is 27.6 Å². The van der Waals surface area contributed by atoms with E-state index in [2.05, 4.69) is 0 Å². The third kappa shape index (κ3) is 4.37. The Morgan fingerprint density at radius 2 is 1.63 bits per heavy atom. The summed E-state index contributed by atoms with van der Waals surface area (Å²) < 4.78 is 50.6. The molecule has 0 N–H and O–H groups in total. The van der Waals surface area contributed by atoms with Gasteiger partial charge in [0.2, 0.25) is 0 Å². The van der Waals surface area contributed by atoms with E-state index in [0.717, 1.165) is 12.1 Å². The SMILES string of the molecule is COc1ccc(Oc2c(C)cc([N+](=O)[O-])cc2C)cc1-c1cccc(C(F)(F)F)c1. The van der Waals surface area contributed by atoms with Crippen LogP contribution in [0.25, 0.3) is 11.1 Å². The van der Waals surface area contributed by atoms with Crippen LogP contribution in [0.4, 0.5) is 18.9 Å². The molecule has 8 heteroatoms. The highest BCUT2D eigenvalue weighted by atomic mass is 19.4. The van der Waals surface area contributed by atoms with Gasteiger partial charge in [-0.05, 0) is 60.9 Å². The molecule has 0 aliphatic heterocycles. The quantitative estimate of drug-likeness (QED) is 0.342. The number of nitro groups is 1. The van der Waals surface area contributed by atoms with E-state index in [1.807, 2.05) is 0 Å². The summed E-state index contributed by atoms with van der Waals surface area (Å²) in [5.74, 6) is 1.20. The van der Waals surface area contributed by atoms with E-state index in [0.29, 0.717) is 39.5 Å². The van der Waals surface area contributed by atoms with E-state index in [9.17, 15) is 23.3 Å². The Labute approximate surface area is 170 Å². The molecule has 156 valence electrons. The number of nitro benzene ring substituents is 1. The lowest BCUT2D eigenvalue weighted by atomic mass is 10.0. The fraction of sp³-hybridized carbons (Fsp3) is 0.182. The topological polar surface area (TPSA) is 61.6 Å². The molecular formula is C22H18F3NO4. The predicted molar refractivity (Wildman–Crippen MR) is 106 cm³/mol. The molecule has 0 heterocycles. The molecule has 0 saturated carbocycles. The second-order valence-electron chi connectivity index (χ2n) is 6.71. The summed E-state index contributed by atoms with van der Waals surface area (Å²) in [6.07, 6.45) is -4.47. The second-order valence-corrected chi connectivity index (χ2v) is 6.71. The summed E-state index contributed by atoms with van der Waals surface area (Å²) >= 11 is 0. The van der Waals surface area contributed by atoms with Crippen molar-refractivity contribution in [3.63, 3.8) is 0 Å². The third-order valence-corrected chi connectivity index (χ3v) is 4.55. The zero-order valence-corrected chi connectivity index (χ0v) is 16.4. The molecule has 0 aliphatic carbocycles. The van der Waals surface area contributed by atoms with E-state index in [1.165, 1.54) is 25.3 Å². The van der Waals surface area contributed by atoms with Crippen LogP contribution in [0.3, 0.4) is 0 Å². The molecule has 0 bridgehead atoms. The van der Waals surface area contributed by atoms with Crippen molar-refractivity contribution in [1.82, 2.24) is 0 Å². The van der Waals surface area contributed by atoms with Gasteiger partial charge in [-0.25, -0.2) is 0 Å². The zero-order valence-electron chi connectivity index (χ0n) is 16.4. The molecule has 0 amide bonds. The Kier molecular flexibility index (Phi) is 5.69. The molecule has 3 aromatic rings. The third-order valence-electron chi connectivity index (χ3n) is 4.55. The number of non-ortho nitro benzene ring substituents is 1. The van der Waals surface area contributed by atoms with Crippen LogP contribution in [-0.2, 0) is 6.18 Å². The normalized spacial score (nSPS) is 11.3. The maximum absolute atomic E-state index is 13.1. The Morgan fingerprint density at radius 3 is 2.20 bits per heavy atom. The summed E-state index contributed by atoms with van der Waals surface area (Å²) in [5.41, 5.74) is 1.08. The van der Waals surface area contributed by atoms with E-state index in [-0.39, 0.29) is 5.69 Å². The molecule has 30 heavy (non-hydrogen) atoms. The van der Waals surface area contributed by atoms with Gasteiger partial charge in [-0.15, -0.1) is 0 Å². The van der Waals surface area contributed by atoms with Crippen molar-refractivity contribution in [2.45, 2.75) is 20.0 Å². The minimum atomic E-state index is -4.47. The number of ether oxygens (including phenoxy) is 2. The van der Waals surface area contributed by atoms with Crippen molar-refractivity contribution in [3.05, 3.63) is 81.4 Å². The first-order valence-electron chi connectivity index (χ1n) is 8.89. The van der Waals surface area contributed by atoms with Crippen LogP contribution in [0.5, 0.6) is 17.2 Å². The summed E-state index contributed by atoms with van der Waals surface area (Å²) in [6, 6.07) is 12.5. The summed E-state index contributed by atoms with van der Waals surface area (Å²) in [7, 11) is 1.43. The smallest absolute Gasteiger partial charge is 0.416 e. The number of hydrogen-bond donors (Lipinski definition) is 0. The van der Waals surface area contributed by atoms with E-state index in [1.54, 1.807) is 38.1 Å². The van der Waals surface area contributed by atoms with Gasteiger partial charge in [0.25, 0.3) is 5.69 Å². The predicted octanol–water partition coefficient (Wildman–Crippen LogP) is 6.70. The van der Waals surface area contributed by atoms with Crippen LogP contribution in [0.2, 0.25) is 0 Å². The molecule has 0 saturated heterocycles. The second kappa shape index (κ2) is 8.06. The number of rotatable bonds is 5. The molecule has 0 radical (unpaired) electrons. The van der Waals surface area contributed by atoms with Crippen LogP contribution in [0.1, 0.15) is 16.7 Å². The van der Waals surface area contributed by atoms with Crippen LogP contribution < -0.4 is 9.47 Å². The minimum absolute atomic E-state index is 0.0447. The lowest BCUT2D eigenvalue weighted by Crippen LogP contribution is -2.04. The van der Waals surface area contributed by atoms with Gasteiger partial charge in [-0.3, -0.25) is 10.1 Å². The van der Waals surface area contributed by atoms with Crippen LogP contribution in [0.15, 0.2) is 54.6 Å². The molecule has 0 spiro atoms. The first-order chi connectivity index (χ1) is 14.1. The minimum Gasteiger partial charge on any atom is -0.496 e. The van der Waals surface area contributed by atoms with Crippen molar-refractivity contribution in [2.75, 3.05) is 7.11 Å². The summed E-state index contributed by atoms with van der Waals surface area (Å²) in [5, 5.41) is 11.0. The van der Waals surface area contributed by atoms with Gasteiger partial charge in [0.05, 0.1) is 17.6 Å². The van der Waals surface area contributed by atoms with Crippen LogP contribution in [0, 0.1) is 24.0 Å². The van der Waals surface area contributed by atoms with Gasteiger partial charge in [0.1, 0.15) is 17.2 Å². The van der Waals surface area contributed by atoms with Crippen molar-refractivity contribution in [2.24, 2.45) is 0 Å². The number of hydrogen-bond acceptors (Lipinski definition) is 4. The zero-order chi connectivity index (χ0) is 22.1. The van der Waals surface area contributed by atoms with Crippen molar-refractivity contribution in [3.8, 4) is 28.4 Å².